The first-order valence-electron chi connectivity index (χ1n) is 23.8. The van der Waals surface area contributed by atoms with Gasteiger partial charge in [-0.25, -0.2) is 4.98 Å². The molecule has 71 heavy (non-hydrogen) atoms. The summed E-state index contributed by atoms with van der Waals surface area (Å²) in [6.45, 7) is 6.69. The molecule has 0 aliphatic carbocycles. The van der Waals surface area contributed by atoms with E-state index in [-0.39, 0.29) is 26.5 Å². The van der Waals surface area contributed by atoms with Crippen LogP contribution in [-0.2, 0) is 26.5 Å². The first-order valence-corrected chi connectivity index (χ1v) is 23.8. The van der Waals surface area contributed by atoms with E-state index in [9.17, 15) is 0 Å². The van der Waals surface area contributed by atoms with Crippen molar-refractivity contribution < 1.29 is 30.4 Å². The van der Waals surface area contributed by atoms with Gasteiger partial charge in [0.2, 0.25) is 0 Å². The van der Waals surface area contributed by atoms with E-state index >= 15 is 0 Å². The minimum absolute atomic E-state index is 0. The van der Waals surface area contributed by atoms with Crippen LogP contribution in [0.2, 0.25) is 0 Å². The van der Waals surface area contributed by atoms with Gasteiger partial charge in [0.15, 0.2) is 0 Å². The van der Waals surface area contributed by atoms with Crippen molar-refractivity contribution in [2.45, 2.75) is 26.2 Å². The summed E-state index contributed by atoms with van der Waals surface area (Å²) in [6.07, 6.45) is 5.84. The molecule has 9 aromatic carbocycles. The van der Waals surface area contributed by atoms with Crippen molar-refractivity contribution in [3.05, 3.63) is 230 Å². The van der Waals surface area contributed by atoms with Crippen molar-refractivity contribution >= 4 is 87.2 Å². The van der Waals surface area contributed by atoms with Crippen LogP contribution in [0.3, 0.4) is 0 Å². The minimum Gasteiger partial charge on any atom is -0.510 e. The molecule has 0 saturated heterocycles. The predicted molar refractivity (Wildman–Crippen MR) is 286 cm³/mol. The maximum Gasteiger partial charge on any atom is 0.268 e. The van der Waals surface area contributed by atoms with Crippen LogP contribution in [0.15, 0.2) is 206 Å². The number of hydrogen-bond acceptors (Lipinski definition) is 2. The normalized spacial score (nSPS) is 12.0. The Morgan fingerprint density at radius 3 is 1.80 bits per heavy atom. The third kappa shape index (κ3) is 6.66. The van der Waals surface area contributed by atoms with E-state index in [1.807, 2.05) is 24.4 Å². The van der Waals surface area contributed by atoms with E-state index in [1.165, 1.54) is 27.4 Å². The van der Waals surface area contributed by atoms with Gasteiger partial charge in [0.25, 0.3) is 6.33 Å². The molecule has 0 spiro atoms. The second-order valence-electron chi connectivity index (χ2n) is 19.2. The number of hydrogen-bond donors (Lipinski definition) is 0. The van der Waals surface area contributed by atoms with Crippen LogP contribution < -0.4 is 9.30 Å². The van der Waals surface area contributed by atoms with Gasteiger partial charge in [-0.05, 0) is 74.3 Å². The summed E-state index contributed by atoms with van der Waals surface area (Å²) in [5, 5.41) is 9.10. The Labute approximate surface area is 424 Å². The van der Waals surface area contributed by atoms with Gasteiger partial charge in [-0.1, -0.05) is 166 Å². The average Bonchev–Trinajstić information content (AvgIpc) is 4.07. The molecule has 0 fully saturated rings. The molecule has 0 saturated carbocycles. The number of rotatable bonds is 5. The molecule has 342 valence electrons. The number of fused-ring (bicyclic) bond motifs is 12. The first-order chi connectivity index (χ1) is 34.4. The molecule has 0 bridgehead atoms. The summed E-state index contributed by atoms with van der Waals surface area (Å²) in [7, 11) is 0. The number of benzene rings is 9. The number of pyridine rings is 1. The molecule has 0 aliphatic rings. The number of ether oxygens (including phenoxy) is 1. The summed E-state index contributed by atoms with van der Waals surface area (Å²) in [4.78, 5) is 4.89. The van der Waals surface area contributed by atoms with E-state index < -0.39 is 0 Å². The topological polar surface area (TPSA) is 39.8 Å². The zero-order valence-corrected chi connectivity index (χ0v) is 41.4. The molecule has 7 heteroatoms. The molecule has 0 amide bonds. The number of para-hydroxylation sites is 6. The fourth-order valence-corrected chi connectivity index (χ4v) is 10.9. The van der Waals surface area contributed by atoms with Crippen LogP contribution in [-0.4, -0.2) is 18.4 Å². The molecule has 6 nitrogen and oxygen atoms in total. The van der Waals surface area contributed by atoms with E-state index in [4.69, 9.17) is 9.72 Å². The zero-order chi connectivity index (χ0) is 46.7. The van der Waals surface area contributed by atoms with Gasteiger partial charge in [-0.2, -0.15) is 18.2 Å². The van der Waals surface area contributed by atoms with Crippen LogP contribution in [0.5, 0.6) is 11.5 Å². The first kappa shape index (κ1) is 42.8. The number of nitrogens with zero attached hydrogens (tertiary/aromatic N) is 5. The van der Waals surface area contributed by atoms with Crippen LogP contribution in [0, 0.1) is 18.5 Å². The summed E-state index contributed by atoms with van der Waals surface area (Å²) < 4.78 is 15.9. The zero-order valence-electron chi connectivity index (χ0n) is 39.1. The van der Waals surface area contributed by atoms with Gasteiger partial charge in [-0.3, -0.25) is 4.40 Å². The molecule has 0 aliphatic heterocycles. The van der Waals surface area contributed by atoms with Crippen LogP contribution >= 0.6 is 0 Å². The summed E-state index contributed by atoms with van der Waals surface area (Å²) in [5.41, 5.74) is 12.6. The van der Waals surface area contributed by atoms with Gasteiger partial charge in [0.05, 0.1) is 33.1 Å². The van der Waals surface area contributed by atoms with E-state index in [1.54, 1.807) is 0 Å². The number of imidazole rings is 1. The third-order valence-electron chi connectivity index (χ3n) is 14.1. The maximum absolute atomic E-state index is 6.76. The fourth-order valence-electron chi connectivity index (χ4n) is 10.9. The average molecular weight is 1090 g/mol. The van der Waals surface area contributed by atoms with Crippen molar-refractivity contribution in [3.63, 3.8) is 0 Å². The van der Waals surface area contributed by atoms with E-state index in [2.05, 4.69) is 239 Å². The second kappa shape index (κ2) is 16.4. The second-order valence-corrected chi connectivity index (χ2v) is 19.2. The van der Waals surface area contributed by atoms with Gasteiger partial charge in [-0.15, -0.1) is 29.7 Å². The summed E-state index contributed by atoms with van der Waals surface area (Å²) in [5.74, 6) is 1.99. The molecule has 14 rings (SSSR count). The SMILES string of the molecule is CC(C)(C)c1ccnc(-n2c3[c-]c(Oc4[c-]c(-[n+]5[c-]n6c7c(-c8ccccc8)cccc7c7cccc8c9ccccc9n(c9ccccc9c9cccc5c96)c78)ccc4)ccc3c3ccccc32)c1.[Pt]. The molecule has 0 N–H and O–H groups in total. The summed E-state index contributed by atoms with van der Waals surface area (Å²) in [6, 6.07) is 78.6. The van der Waals surface area contributed by atoms with Gasteiger partial charge < -0.3 is 18.3 Å². The van der Waals surface area contributed by atoms with Crippen molar-refractivity contribution in [1.29, 1.82) is 0 Å². The van der Waals surface area contributed by atoms with E-state index in [0.717, 1.165) is 88.0 Å². The molecule has 0 atom stereocenters. The fraction of sp³-hybridized carbons (Fsp3) is 0.0625. The van der Waals surface area contributed by atoms with Crippen molar-refractivity contribution in [3.8, 4) is 34.1 Å². The molecule has 0 radical (unpaired) electrons. The van der Waals surface area contributed by atoms with E-state index in [0.29, 0.717) is 11.5 Å². The Hall–Kier alpha value is -8.31. The molecular weight excluding hydrogens is 1050 g/mol. The molecule has 5 heterocycles. The summed E-state index contributed by atoms with van der Waals surface area (Å²) >= 11 is 0. The Morgan fingerprint density at radius 1 is 0.493 bits per heavy atom. The van der Waals surface area contributed by atoms with Crippen molar-refractivity contribution in [1.82, 2.24) is 18.4 Å². The monoisotopic (exact) mass is 1090 g/mol. The van der Waals surface area contributed by atoms with Crippen molar-refractivity contribution in [2.75, 3.05) is 0 Å². The van der Waals surface area contributed by atoms with Crippen LogP contribution in [0.4, 0.5) is 0 Å². The standard InChI is InChI=1S/C64H43N5O.Pt/c1-64(2,3)42-35-36-65-60(37-42)68-55-29-10-7-21-47(55)50-34-33-45(39-59(50)68)70-44-20-13-19-43(38-44)66-40-67-61-46(41-17-5-4-6-18-41)24-14-26-53(61)54-27-15-25-51-48-22-8-11-30-56(48)69(62(51)54)57-31-12-9-23-49(57)52-28-16-32-58(66)63(52)67;/h4-37H,1-3H3;/q-2;. The largest absolute Gasteiger partial charge is 0.510 e. The Kier molecular flexibility index (Phi) is 9.88. The minimum atomic E-state index is -0.0396. The Morgan fingerprint density at radius 2 is 1.07 bits per heavy atom. The molecule has 0 unspecified atom stereocenters. The quantitative estimate of drug-likeness (QED) is 0.127. The third-order valence-corrected chi connectivity index (χ3v) is 14.1. The molecule has 14 aromatic rings. The predicted octanol–water partition coefficient (Wildman–Crippen LogP) is 15.4. The van der Waals surface area contributed by atoms with Crippen molar-refractivity contribution in [2.24, 2.45) is 0 Å². The van der Waals surface area contributed by atoms with Gasteiger partial charge in [0.1, 0.15) is 5.82 Å². The Bertz CT molecular complexity index is 4500. The van der Waals surface area contributed by atoms with Gasteiger partial charge in [0, 0.05) is 65.8 Å². The Balaban J connectivity index is 0.00000492. The molecule has 5 aromatic heterocycles. The number of aromatic nitrogens is 5. The smallest absolute Gasteiger partial charge is 0.268 e. The van der Waals surface area contributed by atoms with Crippen LogP contribution in [0.25, 0.3) is 110 Å². The molecular formula is C64H43N5OPt-2. The maximum atomic E-state index is 6.76. The van der Waals surface area contributed by atoms with Gasteiger partial charge >= 0.3 is 0 Å². The van der Waals surface area contributed by atoms with Crippen LogP contribution in [0.1, 0.15) is 26.3 Å².